The van der Waals surface area contributed by atoms with Gasteiger partial charge in [0.2, 0.25) is 7.38 Å². The highest BCUT2D eigenvalue weighted by Gasteiger charge is 2.43. The van der Waals surface area contributed by atoms with Gasteiger partial charge in [-0.05, 0) is 120 Å². The van der Waals surface area contributed by atoms with E-state index in [1.807, 2.05) is 0 Å². The van der Waals surface area contributed by atoms with Crippen LogP contribution in [-0.4, -0.2) is 7.38 Å². The predicted molar refractivity (Wildman–Crippen MR) is 257 cm³/mol. The molecule has 0 aliphatic heterocycles. The minimum atomic E-state index is -3.40. The van der Waals surface area contributed by atoms with Gasteiger partial charge in [-0.1, -0.05) is 218 Å². The van der Waals surface area contributed by atoms with E-state index >= 15 is 0 Å². The van der Waals surface area contributed by atoms with Crippen LogP contribution in [0.2, 0.25) is 0 Å². The molecular formula is C57H45ClSi. The highest BCUT2D eigenvalue weighted by Crippen LogP contribution is 2.40. The van der Waals surface area contributed by atoms with Gasteiger partial charge < -0.3 is 0 Å². The van der Waals surface area contributed by atoms with Gasteiger partial charge in [-0.15, -0.1) is 11.1 Å². The lowest BCUT2D eigenvalue weighted by Crippen LogP contribution is -2.65. The first-order chi connectivity index (χ1) is 28.9. The molecule has 0 spiro atoms. The number of benzene rings is 9. The van der Waals surface area contributed by atoms with E-state index in [2.05, 4.69) is 239 Å². The van der Waals surface area contributed by atoms with Crippen LogP contribution in [0.1, 0.15) is 16.7 Å². The molecule has 0 nitrogen and oxygen atoms in total. The third-order valence-electron chi connectivity index (χ3n) is 12.0. The SMILES string of the molecule is Cc1c([Si](Cl)(c2ccc(-c3ccccc3)c(-c3ccccc3)c2C)c2ccc(-c3ccccc3)c(-c3ccccc3)c2C)ccc(-c2ccccc2)c1-c1ccccc1. The Morgan fingerprint density at radius 2 is 0.458 bits per heavy atom. The molecule has 9 rings (SSSR count). The summed E-state index contributed by atoms with van der Waals surface area (Å²) in [7, 11) is -3.40. The van der Waals surface area contributed by atoms with E-state index < -0.39 is 7.38 Å². The summed E-state index contributed by atoms with van der Waals surface area (Å²) in [5, 5.41) is 3.59. The summed E-state index contributed by atoms with van der Waals surface area (Å²) in [6.45, 7) is 6.89. The predicted octanol–water partition coefficient (Wildman–Crippen LogP) is 13.8. The van der Waals surface area contributed by atoms with Crippen molar-refractivity contribution in [3.05, 3.63) is 235 Å². The zero-order valence-corrected chi connectivity index (χ0v) is 35.4. The second-order valence-electron chi connectivity index (χ2n) is 15.3. The maximum absolute atomic E-state index is 8.94. The van der Waals surface area contributed by atoms with E-state index in [1.165, 1.54) is 99.0 Å². The third-order valence-corrected chi connectivity index (χ3v) is 17.6. The largest absolute Gasteiger partial charge is 0.248 e. The molecule has 0 unspecified atom stereocenters. The molecule has 0 saturated heterocycles. The van der Waals surface area contributed by atoms with Gasteiger partial charge in [0, 0.05) is 0 Å². The smallest absolute Gasteiger partial charge is 0.149 e. The van der Waals surface area contributed by atoms with Crippen LogP contribution >= 0.6 is 11.1 Å². The Balaban J connectivity index is 1.41. The van der Waals surface area contributed by atoms with Gasteiger partial charge >= 0.3 is 0 Å². The normalized spacial score (nSPS) is 11.4. The van der Waals surface area contributed by atoms with Gasteiger partial charge in [-0.25, -0.2) is 0 Å². The van der Waals surface area contributed by atoms with Crippen LogP contribution in [0.25, 0.3) is 66.8 Å². The first-order valence-electron chi connectivity index (χ1n) is 20.4. The van der Waals surface area contributed by atoms with Crippen molar-refractivity contribution in [3.63, 3.8) is 0 Å². The van der Waals surface area contributed by atoms with Crippen LogP contribution in [0.5, 0.6) is 0 Å². The number of halogens is 1. The highest BCUT2D eigenvalue weighted by atomic mass is 35.6. The van der Waals surface area contributed by atoms with E-state index in [4.69, 9.17) is 11.1 Å². The zero-order chi connectivity index (χ0) is 40.3. The first-order valence-corrected chi connectivity index (χ1v) is 23.4. The fourth-order valence-electron chi connectivity index (χ4n) is 9.20. The molecule has 0 aliphatic carbocycles. The molecular weight excluding hydrogens is 748 g/mol. The molecule has 0 aliphatic rings. The number of hydrogen-bond acceptors (Lipinski definition) is 0. The van der Waals surface area contributed by atoms with Gasteiger partial charge in [0.25, 0.3) is 0 Å². The van der Waals surface area contributed by atoms with Crippen LogP contribution in [0.4, 0.5) is 0 Å². The molecule has 9 aromatic carbocycles. The van der Waals surface area contributed by atoms with Gasteiger partial charge in [0.1, 0.15) is 0 Å². The Labute approximate surface area is 354 Å². The Morgan fingerprint density at radius 3 is 0.678 bits per heavy atom. The fraction of sp³-hybridized carbons (Fsp3) is 0.0526. The van der Waals surface area contributed by atoms with E-state index in [0.717, 1.165) is 0 Å². The van der Waals surface area contributed by atoms with E-state index in [0.29, 0.717) is 0 Å². The summed E-state index contributed by atoms with van der Waals surface area (Å²) in [5.74, 6) is 0. The maximum Gasteiger partial charge on any atom is 0.248 e. The van der Waals surface area contributed by atoms with Crippen LogP contribution in [-0.2, 0) is 0 Å². The lowest BCUT2D eigenvalue weighted by molar-refractivity contribution is 1.45. The van der Waals surface area contributed by atoms with Gasteiger partial charge in [0.05, 0.1) is 0 Å². The monoisotopic (exact) mass is 792 g/mol. The molecule has 0 fully saturated rings. The Bertz CT molecular complexity index is 2550. The Hall–Kier alpha value is -6.51. The molecule has 0 radical (unpaired) electrons. The Morgan fingerprint density at radius 1 is 0.254 bits per heavy atom. The second-order valence-corrected chi connectivity index (χ2v) is 20.0. The summed E-state index contributed by atoms with van der Waals surface area (Å²) < 4.78 is 0. The number of hydrogen-bond donors (Lipinski definition) is 0. The zero-order valence-electron chi connectivity index (χ0n) is 33.7. The van der Waals surface area contributed by atoms with Crippen molar-refractivity contribution in [1.29, 1.82) is 0 Å². The minimum absolute atomic E-state index is 1.18. The lowest BCUT2D eigenvalue weighted by atomic mass is 9.90. The first kappa shape index (κ1) is 38.0. The third kappa shape index (κ3) is 6.97. The molecule has 0 bridgehead atoms. The van der Waals surface area contributed by atoms with Gasteiger partial charge in [0.15, 0.2) is 0 Å². The van der Waals surface area contributed by atoms with Crippen molar-refractivity contribution in [2.45, 2.75) is 20.8 Å². The molecule has 0 amide bonds. The highest BCUT2D eigenvalue weighted by molar-refractivity contribution is 7.40. The van der Waals surface area contributed by atoms with Crippen molar-refractivity contribution in [2.75, 3.05) is 0 Å². The topological polar surface area (TPSA) is 0 Å². The summed E-state index contributed by atoms with van der Waals surface area (Å²) >= 11 is 8.94. The van der Waals surface area contributed by atoms with Crippen molar-refractivity contribution in [2.24, 2.45) is 0 Å². The van der Waals surface area contributed by atoms with Crippen molar-refractivity contribution in [3.8, 4) is 66.8 Å². The minimum Gasteiger partial charge on any atom is -0.149 e. The molecule has 0 aromatic heterocycles. The van der Waals surface area contributed by atoms with E-state index in [-0.39, 0.29) is 0 Å². The van der Waals surface area contributed by atoms with Gasteiger partial charge in [-0.2, -0.15) is 0 Å². The second kappa shape index (κ2) is 16.4. The summed E-state index contributed by atoms with van der Waals surface area (Å²) in [6, 6.07) is 78.8. The van der Waals surface area contributed by atoms with Crippen LogP contribution in [0.3, 0.4) is 0 Å². The molecule has 0 N–H and O–H groups in total. The van der Waals surface area contributed by atoms with Crippen molar-refractivity contribution >= 4 is 34.0 Å². The molecule has 59 heavy (non-hydrogen) atoms. The van der Waals surface area contributed by atoms with E-state index in [9.17, 15) is 0 Å². The van der Waals surface area contributed by atoms with Crippen LogP contribution < -0.4 is 15.6 Å². The van der Waals surface area contributed by atoms with E-state index in [1.54, 1.807) is 0 Å². The fourth-order valence-corrected chi connectivity index (χ4v) is 14.8. The van der Waals surface area contributed by atoms with Crippen LogP contribution in [0.15, 0.2) is 218 Å². The maximum atomic E-state index is 8.94. The van der Waals surface area contributed by atoms with Gasteiger partial charge in [-0.3, -0.25) is 0 Å². The molecule has 0 atom stereocenters. The van der Waals surface area contributed by atoms with Crippen molar-refractivity contribution in [1.82, 2.24) is 0 Å². The molecule has 0 heterocycles. The quantitative estimate of drug-likeness (QED) is 0.0776. The Kier molecular flexibility index (Phi) is 10.6. The molecule has 0 saturated carbocycles. The molecule has 2 heteroatoms. The molecule has 284 valence electrons. The van der Waals surface area contributed by atoms with Crippen LogP contribution in [0, 0.1) is 20.8 Å². The lowest BCUT2D eigenvalue weighted by Gasteiger charge is -2.34. The summed E-state index contributed by atoms with van der Waals surface area (Å²) in [4.78, 5) is 0. The average Bonchev–Trinajstić information content (AvgIpc) is 3.30. The summed E-state index contributed by atoms with van der Waals surface area (Å²) in [5.41, 5.74) is 18.0. The molecule has 9 aromatic rings. The summed E-state index contributed by atoms with van der Waals surface area (Å²) in [6.07, 6.45) is 0. The standard InChI is InChI=1S/C57H45ClSi/c1-40-52(37-34-49(43-22-10-4-11-23-43)55(40)46-28-16-7-17-29-46)59(58,53-38-35-50(44-24-12-5-13-25-44)56(41(53)2)47-30-18-8-19-31-47)54-39-36-51(45-26-14-6-15-27-45)57(42(54)3)48-32-20-9-21-33-48/h4-39H,1-3H3. The average molecular weight is 794 g/mol. The number of rotatable bonds is 9. The van der Waals surface area contributed by atoms with Crippen molar-refractivity contribution < 1.29 is 0 Å².